The molecule has 0 spiro atoms. The lowest BCUT2D eigenvalue weighted by molar-refractivity contribution is 0.120. The number of nitrogens with one attached hydrogen (secondary N) is 1. The van der Waals surface area contributed by atoms with E-state index >= 15 is 0 Å². The summed E-state index contributed by atoms with van der Waals surface area (Å²) in [5.74, 6) is 0.585. The Kier molecular flexibility index (Phi) is 5.85. The normalized spacial score (nSPS) is 20.4. The van der Waals surface area contributed by atoms with E-state index in [1.165, 1.54) is 4.31 Å². The lowest BCUT2D eigenvalue weighted by Crippen LogP contribution is -2.35. The minimum Gasteiger partial charge on any atom is -0.419 e. The van der Waals surface area contributed by atoms with Crippen molar-refractivity contribution >= 4 is 15.9 Å². The molecule has 2 fully saturated rings. The van der Waals surface area contributed by atoms with Crippen molar-refractivity contribution in [3.8, 4) is 17.5 Å². The molecule has 0 saturated carbocycles. The van der Waals surface area contributed by atoms with Gasteiger partial charge in [0.15, 0.2) is 0 Å². The molecule has 1 aromatic heterocycles. The van der Waals surface area contributed by atoms with Crippen LogP contribution in [-0.4, -0.2) is 50.1 Å². The van der Waals surface area contributed by atoms with Crippen LogP contribution in [0.15, 0.2) is 33.6 Å². The molecule has 2 aliphatic heterocycles. The molecular formula is C20H24N4O4S. The first-order valence-corrected chi connectivity index (χ1v) is 11.4. The number of anilines is 1. The lowest BCUT2D eigenvalue weighted by atomic mass is 10.2. The van der Waals surface area contributed by atoms with E-state index in [0.29, 0.717) is 31.1 Å². The molecule has 2 saturated heterocycles. The Morgan fingerprint density at radius 2 is 1.93 bits per heavy atom. The second-order valence-corrected chi connectivity index (χ2v) is 9.25. The molecule has 3 heterocycles. The number of benzene rings is 1. The zero-order valence-electron chi connectivity index (χ0n) is 16.1. The fraction of sp³-hybridized carbons (Fsp3) is 0.500. The number of nitriles is 1. The van der Waals surface area contributed by atoms with Gasteiger partial charge in [-0.3, -0.25) is 0 Å². The van der Waals surface area contributed by atoms with Gasteiger partial charge in [0, 0.05) is 31.8 Å². The molecule has 2 aliphatic rings. The Morgan fingerprint density at radius 1 is 1.17 bits per heavy atom. The first-order chi connectivity index (χ1) is 14.1. The first kappa shape index (κ1) is 19.9. The molecule has 0 amide bonds. The number of rotatable bonds is 6. The van der Waals surface area contributed by atoms with Crippen LogP contribution >= 0.6 is 0 Å². The summed E-state index contributed by atoms with van der Waals surface area (Å²) >= 11 is 0. The van der Waals surface area contributed by atoms with Crippen LogP contribution < -0.4 is 5.32 Å². The quantitative estimate of drug-likeness (QED) is 0.771. The third kappa shape index (κ3) is 4.29. The van der Waals surface area contributed by atoms with Crippen molar-refractivity contribution in [1.82, 2.24) is 9.29 Å². The van der Waals surface area contributed by atoms with E-state index in [2.05, 4.69) is 10.3 Å². The van der Waals surface area contributed by atoms with Crippen LogP contribution in [0, 0.1) is 11.3 Å². The van der Waals surface area contributed by atoms with E-state index in [1.54, 1.807) is 24.3 Å². The average molecular weight is 417 g/mol. The SMILES string of the molecule is N#Cc1nc(-c2ccc(S(=O)(=O)N3CCCCC3)cc2)oc1NC[C@H]1CCCO1. The largest absolute Gasteiger partial charge is 0.419 e. The minimum absolute atomic E-state index is 0.106. The number of oxazole rings is 1. The molecule has 0 bridgehead atoms. The third-order valence-corrected chi connectivity index (χ3v) is 7.21. The monoisotopic (exact) mass is 416 g/mol. The Labute approximate surface area is 170 Å². The van der Waals surface area contributed by atoms with Gasteiger partial charge in [-0.1, -0.05) is 6.42 Å². The van der Waals surface area contributed by atoms with Gasteiger partial charge in [0.1, 0.15) is 6.07 Å². The van der Waals surface area contributed by atoms with Crippen LogP contribution in [0.3, 0.4) is 0 Å². The number of aromatic nitrogens is 1. The zero-order chi connectivity index (χ0) is 20.3. The van der Waals surface area contributed by atoms with Crippen molar-refractivity contribution in [3.63, 3.8) is 0 Å². The summed E-state index contributed by atoms with van der Waals surface area (Å²) in [6.07, 6.45) is 4.97. The van der Waals surface area contributed by atoms with Crippen molar-refractivity contribution in [2.45, 2.75) is 43.1 Å². The second kappa shape index (κ2) is 8.53. The van der Waals surface area contributed by atoms with Gasteiger partial charge in [0.25, 0.3) is 0 Å². The summed E-state index contributed by atoms with van der Waals surface area (Å²) in [6.45, 7) is 2.44. The van der Waals surface area contributed by atoms with Gasteiger partial charge < -0.3 is 14.5 Å². The Bertz CT molecular complexity index is 982. The first-order valence-electron chi connectivity index (χ1n) is 9.95. The minimum atomic E-state index is -3.48. The molecule has 0 aliphatic carbocycles. The lowest BCUT2D eigenvalue weighted by Gasteiger charge is -2.25. The molecule has 1 atom stereocenters. The second-order valence-electron chi connectivity index (χ2n) is 7.31. The fourth-order valence-electron chi connectivity index (χ4n) is 3.67. The van der Waals surface area contributed by atoms with E-state index in [4.69, 9.17) is 9.15 Å². The maximum absolute atomic E-state index is 12.8. The van der Waals surface area contributed by atoms with E-state index in [-0.39, 0.29) is 22.6 Å². The van der Waals surface area contributed by atoms with Crippen molar-refractivity contribution in [2.75, 3.05) is 31.6 Å². The van der Waals surface area contributed by atoms with Gasteiger partial charge in [-0.2, -0.15) is 14.6 Å². The molecule has 8 nitrogen and oxygen atoms in total. The highest BCUT2D eigenvalue weighted by Gasteiger charge is 2.26. The number of hydrogen-bond donors (Lipinski definition) is 1. The van der Waals surface area contributed by atoms with Crippen LogP contribution in [0.5, 0.6) is 0 Å². The molecule has 2 aromatic rings. The number of hydrogen-bond acceptors (Lipinski definition) is 7. The van der Waals surface area contributed by atoms with E-state index < -0.39 is 10.0 Å². The summed E-state index contributed by atoms with van der Waals surface area (Å²) in [5, 5.41) is 12.4. The maximum atomic E-state index is 12.8. The van der Waals surface area contributed by atoms with E-state index in [0.717, 1.165) is 38.7 Å². The predicted molar refractivity (Wildman–Crippen MR) is 107 cm³/mol. The summed E-state index contributed by atoms with van der Waals surface area (Å²) < 4.78 is 38.4. The van der Waals surface area contributed by atoms with Gasteiger partial charge in [-0.05, 0) is 49.9 Å². The van der Waals surface area contributed by atoms with Gasteiger partial charge >= 0.3 is 0 Å². The van der Waals surface area contributed by atoms with Crippen LogP contribution in [-0.2, 0) is 14.8 Å². The average Bonchev–Trinajstić information content (AvgIpc) is 3.42. The van der Waals surface area contributed by atoms with Crippen molar-refractivity contribution in [3.05, 3.63) is 30.0 Å². The van der Waals surface area contributed by atoms with E-state index in [9.17, 15) is 13.7 Å². The molecule has 4 rings (SSSR count). The molecule has 154 valence electrons. The van der Waals surface area contributed by atoms with Gasteiger partial charge in [-0.25, -0.2) is 8.42 Å². The standard InChI is InChI=1S/C20H24N4O4S/c21-13-18-20(22-14-16-5-4-12-27-16)28-19(23-18)15-6-8-17(9-7-15)29(25,26)24-10-2-1-3-11-24/h6-9,16,22H,1-5,10-12,14H2/t16-/m1/s1. The third-order valence-electron chi connectivity index (χ3n) is 5.30. The smallest absolute Gasteiger partial charge is 0.243 e. The number of piperidine rings is 1. The molecule has 29 heavy (non-hydrogen) atoms. The van der Waals surface area contributed by atoms with Crippen LogP contribution in [0.1, 0.15) is 37.8 Å². The zero-order valence-corrected chi connectivity index (χ0v) is 17.0. The summed E-state index contributed by atoms with van der Waals surface area (Å²) in [4.78, 5) is 4.49. The molecular weight excluding hydrogens is 392 g/mol. The van der Waals surface area contributed by atoms with E-state index in [1.807, 2.05) is 6.07 Å². The van der Waals surface area contributed by atoms with Crippen LogP contribution in [0.25, 0.3) is 11.5 Å². The summed E-state index contributed by atoms with van der Waals surface area (Å²) in [7, 11) is -3.48. The van der Waals surface area contributed by atoms with Crippen LogP contribution in [0.2, 0.25) is 0 Å². The molecule has 0 radical (unpaired) electrons. The highest BCUT2D eigenvalue weighted by atomic mass is 32.2. The van der Waals surface area contributed by atoms with Gasteiger partial charge in [-0.15, -0.1) is 0 Å². The molecule has 9 heteroatoms. The molecule has 1 N–H and O–H groups in total. The molecule has 1 aromatic carbocycles. The summed E-state index contributed by atoms with van der Waals surface area (Å²) in [5.41, 5.74) is 0.785. The van der Waals surface area contributed by atoms with Gasteiger partial charge in [0.2, 0.25) is 27.5 Å². The van der Waals surface area contributed by atoms with Crippen molar-refractivity contribution in [1.29, 1.82) is 5.26 Å². The number of ether oxygens (including phenoxy) is 1. The maximum Gasteiger partial charge on any atom is 0.243 e. The fourth-order valence-corrected chi connectivity index (χ4v) is 5.19. The topological polar surface area (TPSA) is 108 Å². The summed E-state index contributed by atoms with van der Waals surface area (Å²) in [6, 6.07) is 8.48. The van der Waals surface area contributed by atoms with Crippen LogP contribution in [0.4, 0.5) is 5.88 Å². The Hall–Kier alpha value is -2.41. The Balaban J connectivity index is 1.50. The Morgan fingerprint density at radius 3 is 2.59 bits per heavy atom. The highest BCUT2D eigenvalue weighted by molar-refractivity contribution is 7.89. The molecule has 0 unspecified atom stereocenters. The predicted octanol–water partition coefficient (Wildman–Crippen LogP) is 2.98. The van der Waals surface area contributed by atoms with Gasteiger partial charge in [0.05, 0.1) is 11.0 Å². The highest BCUT2D eigenvalue weighted by Crippen LogP contribution is 2.28. The van der Waals surface area contributed by atoms with Crippen molar-refractivity contribution < 1.29 is 17.6 Å². The van der Waals surface area contributed by atoms with Crippen molar-refractivity contribution in [2.24, 2.45) is 0 Å². The number of nitrogens with zero attached hydrogens (tertiary/aromatic N) is 3. The number of sulfonamides is 1.